The lowest BCUT2D eigenvalue weighted by Crippen LogP contribution is -2.67. The second kappa shape index (κ2) is 5.98. The molecule has 3 atom stereocenters. The number of methoxy groups -OCH3 is 1. The number of hydrogen-bond acceptors (Lipinski definition) is 3. The van der Waals surface area contributed by atoms with Gasteiger partial charge in [0.25, 0.3) is 0 Å². The Kier molecular flexibility index (Phi) is 4.23. The lowest BCUT2D eigenvalue weighted by atomic mass is 9.51. The van der Waals surface area contributed by atoms with Gasteiger partial charge in [-0.15, -0.1) is 0 Å². The van der Waals surface area contributed by atoms with Crippen LogP contribution in [-0.4, -0.2) is 25.9 Å². The van der Waals surface area contributed by atoms with Crippen molar-refractivity contribution in [2.45, 2.75) is 57.7 Å². The molecule has 0 saturated heterocycles. The van der Waals surface area contributed by atoms with Crippen molar-refractivity contribution in [3.8, 4) is 5.75 Å². The maximum Gasteiger partial charge on any atom is 0.119 e. The summed E-state index contributed by atoms with van der Waals surface area (Å²) in [5.41, 5.74) is 1.71. The molecule has 2 fully saturated rings. The minimum atomic E-state index is 0.352. The third-order valence-electron chi connectivity index (χ3n) is 5.48. The molecule has 0 aliphatic heterocycles. The van der Waals surface area contributed by atoms with Crippen molar-refractivity contribution in [3.63, 3.8) is 0 Å². The molecule has 116 valence electrons. The fraction of sp³-hybridized carbons (Fsp3) is 0.667. The molecule has 3 nitrogen and oxygen atoms in total. The maximum absolute atomic E-state index is 5.93. The van der Waals surface area contributed by atoms with Crippen molar-refractivity contribution in [2.24, 2.45) is 5.41 Å². The van der Waals surface area contributed by atoms with Gasteiger partial charge < -0.3 is 14.8 Å². The van der Waals surface area contributed by atoms with Crippen molar-refractivity contribution in [3.05, 3.63) is 29.8 Å². The van der Waals surface area contributed by atoms with Crippen LogP contribution in [0, 0.1) is 5.41 Å². The lowest BCUT2D eigenvalue weighted by molar-refractivity contribution is -0.174. The monoisotopic (exact) mass is 289 g/mol. The quantitative estimate of drug-likeness (QED) is 0.866. The van der Waals surface area contributed by atoms with Crippen molar-refractivity contribution in [1.82, 2.24) is 5.32 Å². The molecule has 21 heavy (non-hydrogen) atoms. The predicted molar refractivity (Wildman–Crippen MR) is 84.6 cm³/mol. The molecular weight excluding hydrogens is 262 g/mol. The minimum absolute atomic E-state index is 0.352. The van der Waals surface area contributed by atoms with E-state index < -0.39 is 0 Å². The van der Waals surface area contributed by atoms with Gasteiger partial charge >= 0.3 is 0 Å². The molecule has 1 aromatic carbocycles. The van der Waals surface area contributed by atoms with E-state index in [0.29, 0.717) is 23.6 Å². The molecular formula is C18H27NO2. The van der Waals surface area contributed by atoms with E-state index in [1.807, 2.05) is 6.07 Å². The van der Waals surface area contributed by atoms with Crippen LogP contribution in [0.2, 0.25) is 0 Å². The van der Waals surface area contributed by atoms with E-state index in [0.717, 1.165) is 18.8 Å². The van der Waals surface area contributed by atoms with Gasteiger partial charge in [0.05, 0.1) is 13.2 Å². The number of rotatable bonds is 6. The average molecular weight is 289 g/mol. The van der Waals surface area contributed by atoms with Crippen LogP contribution < -0.4 is 10.1 Å². The van der Waals surface area contributed by atoms with Gasteiger partial charge in [-0.05, 0) is 50.8 Å². The molecule has 2 unspecified atom stereocenters. The topological polar surface area (TPSA) is 30.5 Å². The third-order valence-corrected chi connectivity index (χ3v) is 5.48. The van der Waals surface area contributed by atoms with Crippen LogP contribution >= 0.6 is 0 Å². The molecule has 0 radical (unpaired) electrons. The van der Waals surface area contributed by atoms with Crippen LogP contribution in [0.4, 0.5) is 0 Å². The summed E-state index contributed by atoms with van der Waals surface area (Å²) in [6.45, 7) is 5.19. The van der Waals surface area contributed by atoms with E-state index in [2.05, 4.69) is 37.4 Å². The molecule has 2 aliphatic rings. The zero-order valence-corrected chi connectivity index (χ0v) is 13.4. The SMILES string of the molecule is CCOC1CC(N[C@@H](C)c2cccc(OC)c2)C12CCC2. The third kappa shape index (κ3) is 2.58. The van der Waals surface area contributed by atoms with Crippen LogP contribution in [0.1, 0.15) is 51.1 Å². The Bertz CT molecular complexity index is 484. The first kappa shape index (κ1) is 14.9. The molecule has 0 heterocycles. The Morgan fingerprint density at radius 1 is 1.38 bits per heavy atom. The van der Waals surface area contributed by atoms with E-state index in [4.69, 9.17) is 9.47 Å². The van der Waals surface area contributed by atoms with Gasteiger partial charge in [-0.25, -0.2) is 0 Å². The summed E-state index contributed by atoms with van der Waals surface area (Å²) in [7, 11) is 1.72. The summed E-state index contributed by atoms with van der Waals surface area (Å²) in [5, 5.41) is 3.83. The molecule has 0 aromatic heterocycles. The van der Waals surface area contributed by atoms with Gasteiger partial charge in [0, 0.05) is 24.1 Å². The second-order valence-electron chi connectivity index (χ2n) is 6.48. The van der Waals surface area contributed by atoms with Gasteiger partial charge in [-0.1, -0.05) is 18.6 Å². The van der Waals surface area contributed by atoms with E-state index in [1.165, 1.54) is 24.8 Å². The Balaban J connectivity index is 1.64. The molecule has 3 heteroatoms. The molecule has 2 aliphatic carbocycles. The number of hydrogen-bond donors (Lipinski definition) is 1. The molecule has 1 spiro atoms. The first-order valence-corrected chi connectivity index (χ1v) is 8.21. The average Bonchev–Trinajstić information content (AvgIpc) is 2.44. The van der Waals surface area contributed by atoms with Crippen molar-refractivity contribution in [2.75, 3.05) is 13.7 Å². The Hall–Kier alpha value is -1.06. The minimum Gasteiger partial charge on any atom is -0.497 e. The van der Waals surface area contributed by atoms with Gasteiger partial charge in [0.1, 0.15) is 5.75 Å². The molecule has 0 amide bonds. The summed E-state index contributed by atoms with van der Waals surface area (Å²) in [6.07, 6.45) is 5.63. The van der Waals surface area contributed by atoms with Crippen LogP contribution in [0.25, 0.3) is 0 Å². The van der Waals surface area contributed by atoms with Gasteiger partial charge in [-0.3, -0.25) is 0 Å². The van der Waals surface area contributed by atoms with E-state index in [-0.39, 0.29) is 0 Å². The maximum atomic E-state index is 5.93. The highest BCUT2D eigenvalue weighted by molar-refractivity contribution is 5.30. The normalized spacial score (nSPS) is 27.8. The highest BCUT2D eigenvalue weighted by Crippen LogP contribution is 2.57. The molecule has 1 N–H and O–H groups in total. The first-order chi connectivity index (χ1) is 10.2. The van der Waals surface area contributed by atoms with Crippen LogP contribution in [-0.2, 0) is 4.74 Å². The second-order valence-corrected chi connectivity index (χ2v) is 6.48. The van der Waals surface area contributed by atoms with Crippen LogP contribution in [0.15, 0.2) is 24.3 Å². The predicted octanol–water partition coefficient (Wildman–Crippen LogP) is 3.69. The summed E-state index contributed by atoms with van der Waals surface area (Å²) in [5.74, 6) is 0.931. The summed E-state index contributed by atoms with van der Waals surface area (Å²) in [6, 6.07) is 9.32. The summed E-state index contributed by atoms with van der Waals surface area (Å²) < 4.78 is 11.3. The highest BCUT2D eigenvalue weighted by atomic mass is 16.5. The van der Waals surface area contributed by atoms with Crippen molar-refractivity contribution in [1.29, 1.82) is 0 Å². The van der Waals surface area contributed by atoms with Crippen molar-refractivity contribution >= 4 is 0 Å². The Morgan fingerprint density at radius 2 is 2.19 bits per heavy atom. The van der Waals surface area contributed by atoms with Crippen LogP contribution in [0.3, 0.4) is 0 Å². The zero-order valence-electron chi connectivity index (χ0n) is 13.4. The smallest absolute Gasteiger partial charge is 0.119 e. The Morgan fingerprint density at radius 3 is 2.81 bits per heavy atom. The van der Waals surface area contributed by atoms with Gasteiger partial charge in [0.15, 0.2) is 0 Å². The number of ether oxygens (including phenoxy) is 2. The highest BCUT2D eigenvalue weighted by Gasteiger charge is 2.58. The molecule has 0 bridgehead atoms. The van der Waals surface area contributed by atoms with Gasteiger partial charge in [-0.2, -0.15) is 0 Å². The Labute approximate surface area is 128 Å². The first-order valence-electron chi connectivity index (χ1n) is 8.21. The van der Waals surface area contributed by atoms with Gasteiger partial charge in [0.2, 0.25) is 0 Å². The number of benzene rings is 1. The fourth-order valence-electron chi connectivity index (χ4n) is 3.98. The van der Waals surface area contributed by atoms with E-state index in [1.54, 1.807) is 7.11 Å². The van der Waals surface area contributed by atoms with E-state index >= 15 is 0 Å². The summed E-state index contributed by atoms with van der Waals surface area (Å²) >= 11 is 0. The molecule has 1 aromatic rings. The molecule has 2 saturated carbocycles. The zero-order chi connectivity index (χ0) is 14.9. The summed E-state index contributed by atoms with van der Waals surface area (Å²) in [4.78, 5) is 0. The molecule has 3 rings (SSSR count). The van der Waals surface area contributed by atoms with Crippen LogP contribution in [0.5, 0.6) is 5.75 Å². The fourth-order valence-corrected chi connectivity index (χ4v) is 3.98. The largest absolute Gasteiger partial charge is 0.497 e. The van der Waals surface area contributed by atoms with Crippen molar-refractivity contribution < 1.29 is 9.47 Å². The van der Waals surface area contributed by atoms with E-state index in [9.17, 15) is 0 Å². The number of nitrogens with one attached hydrogen (secondary N) is 1. The standard InChI is InChI=1S/C18H27NO2/c1-4-21-17-12-16(18(17)9-6-10-18)19-13(2)14-7-5-8-15(11-14)20-3/h5,7-8,11,13,16-17,19H,4,6,9-10,12H2,1-3H3/t13-,16?,17?/m0/s1. The lowest BCUT2D eigenvalue weighted by Gasteiger charge is -2.61.